The molecule has 22 heavy (non-hydrogen) atoms. The number of carbonyl (C=O) groups excluding carboxylic acids is 1. The van der Waals surface area contributed by atoms with Gasteiger partial charge in [-0.05, 0) is 18.1 Å². The van der Waals surface area contributed by atoms with Crippen LogP contribution >= 0.6 is 0 Å². The average molecular weight is 322 g/mol. The average Bonchev–Trinajstić information content (AvgIpc) is 2.75. The molecule has 0 unspecified atom stereocenters. The van der Waals surface area contributed by atoms with E-state index in [-0.39, 0.29) is 29.5 Å². The number of sulfone groups is 1. The maximum Gasteiger partial charge on any atom is 0.241 e. The third-order valence-corrected chi connectivity index (χ3v) is 6.03. The van der Waals surface area contributed by atoms with Crippen LogP contribution in [0, 0.1) is 5.92 Å². The van der Waals surface area contributed by atoms with Crippen LogP contribution in [0.5, 0.6) is 0 Å². The van der Waals surface area contributed by atoms with Gasteiger partial charge in [-0.3, -0.25) is 9.69 Å². The molecule has 0 spiro atoms. The second-order valence-corrected chi connectivity index (χ2v) is 8.79. The van der Waals surface area contributed by atoms with E-state index in [1.165, 1.54) is 0 Å². The van der Waals surface area contributed by atoms with Crippen molar-refractivity contribution >= 4 is 21.4 Å². The molecule has 3 rings (SSSR count). The van der Waals surface area contributed by atoms with Crippen molar-refractivity contribution in [2.75, 3.05) is 29.5 Å². The van der Waals surface area contributed by atoms with Crippen molar-refractivity contribution in [1.29, 1.82) is 0 Å². The van der Waals surface area contributed by atoms with Gasteiger partial charge >= 0.3 is 0 Å². The minimum Gasteiger partial charge on any atom is -0.306 e. The standard InChI is InChI=1S/C16H22N2O3S/c1-12(2)8-17-9-16(19)18(13-6-4-3-5-7-13)15-11-22(20,21)10-14(15)17/h3-7,12,14-15H,8-11H2,1-2H3/t14-,15+/m1/s1. The zero-order chi connectivity index (χ0) is 15.9. The quantitative estimate of drug-likeness (QED) is 0.838. The highest BCUT2D eigenvalue weighted by molar-refractivity contribution is 7.91. The summed E-state index contributed by atoms with van der Waals surface area (Å²) in [4.78, 5) is 16.4. The fourth-order valence-corrected chi connectivity index (χ4v) is 5.53. The molecule has 120 valence electrons. The summed E-state index contributed by atoms with van der Waals surface area (Å²) in [6, 6.07) is 9.03. The molecule has 1 aromatic carbocycles. The molecule has 2 fully saturated rings. The number of hydrogen-bond donors (Lipinski definition) is 0. The van der Waals surface area contributed by atoms with Crippen LogP contribution < -0.4 is 4.90 Å². The number of anilines is 1. The largest absolute Gasteiger partial charge is 0.306 e. The molecule has 5 nitrogen and oxygen atoms in total. The van der Waals surface area contributed by atoms with Crippen molar-refractivity contribution in [1.82, 2.24) is 4.90 Å². The van der Waals surface area contributed by atoms with Crippen molar-refractivity contribution in [2.45, 2.75) is 25.9 Å². The summed E-state index contributed by atoms with van der Waals surface area (Å²) >= 11 is 0. The topological polar surface area (TPSA) is 57.7 Å². The number of amides is 1. The Kier molecular flexibility index (Phi) is 3.99. The highest BCUT2D eigenvalue weighted by Gasteiger charge is 2.49. The molecular formula is C16H22N2O3S. The highest BCUT2D eigenvalue weighted by Crippen LogP contribution is 2.31. The summed E-state index contributed by atoms with van der Waals surface area (Å²) < 4.78 is 24.3. The van der Waals surface area contributed by atoms with Gasteiger partial charge in [0.2, 0.25) is 5.91 Å². The van der Waals surface area contributed by atoms with Crippen LogP contribution in [-0.4, -0.2) is 55.9 Å². The maximum atomic E-state index is 12.6. The lowest BCUT2D eigenvalue weighted by atomic mass is 10.0. The van der Waals surface area contributed by atoms with E-state index in [0.717, 1.165) is 12.2 Å². The van der Waals surface area contributed by atoms with Crippen LogP contribution in [0.3, 0.4) is 0 Å². The molecule has 0 N–H and O–H groups in total. The molecule has 2 aliphatic rings. The molecule has 1 aromatic rings. The molecule has 6 heteroatoms. The lowest BCUT2D eigenvalue weighted by Gasteiger charge is -2.44. The van der Waals surface area contributed by atoms with E-state index in [2.05, 4.69) is 18.7 Å². The zero-order valence-electron chi connectivity index (χ0n) is 13.0. The zero-order valence-corrected chi connectivity index (χ0v) is 13.8. The summed E-state index contributed by atoms with van der Waals surface area (Å²) in [5.74, 6) is 0.610. The van der Waals surface area contributed by atoms with Crippen LogP contribution in [0.4, 0.5) is 5.69 Å². The Labute approximate surface area is 131 Å². The Morgan fingerprint density at radius 3 is 2.41 bits per heavy atom. The Morgan fingerprint density at radius 2 is 1.77 bits per heavy atom. The molecular weight excluding hydrogens is 300 g/mol. The van der Waals surface area contributed by atoms with Gasteiger partial charge in [0, 0.05) is 18.3 Å². The number of para-hydroxylation sites is 1. The van der Waals surface area contributed by atoms with E-state index in [0.29, 0.717) is 12.5 Å². The smallest absolute Gasteiger partial charge is 0.241 e. The number of carbonyl (C=O) groups is 1. The van der Waals surface area contributed by atoms with E-state index in [4.69, 9.17) is 0 Å². The molecule has 2 heterocycles. The van der Waals surface area contributed by atoms with Crippen molar-refractivity contribution < 1.29 is 13.2 Å². The summed E-state index contributed by atoms with van der Waals surface area (Å²) in [6.07, 6.45) is 0. The van der Waals surface area contributed by atoms with Gasteiger partial charge in [-0.15, -0.1) is 0 Å². The summed E-state index contributed by atoms with van der Waals surface area (Å²) in [5, 5.41) is 0. The third kappa shape index (κ3) is 2.90. The molecule has 2 atom stereocenters. The summed E-state index contributed by atoms with van der Waals surface area (Å²) in [5.41, 5.74) is 0.795. The van der Waals surface area contributed by atoms with Crippen molar-refractivity contribution in [2.24, 2.45) is 5.92 Å². The molecule has 1 amide bonds. The Bertz CT molecular complexity index is 657. The van der Waals surface area contributed by atoms with E-state index in [1.54, 1.807) is 4.90 Å². The van der Waals surface area contributed by atoms with Gasteiger partial charge in [-0.25, -0.2) is 8.42 Å². The van der Waals surface area contributed by atoms with Crippen molar-refractivity contribution in [3.8, 4) is 0 Å². The minimum atomic E-state index is -3.10. The fourth-order valence-electron chi connectivity index (χ4n) is 3.55. The van der Waals surface area contributed by atoms with Gasteiger partial charge in [0.1, 0.15) is 0 Å². The highest BCUT2D eigenvalue weighted by atomic mass is 32.2. The third-order valence-electron chi connectivity index (χ3n) is 4.34. The first-order chi connectivity index (χ1) is 10.4. The first kappa shape index (κ1) is 15.5. The molecule has 0 bridgehead atoms. The molecule has 0 aromatic heterocycles. The first-order valence-corrected chi connectivity index (χ1v) is 9.51. The van der Waals surface area contributed by atoms with E-state index >= 15 is 0 Å². The lowest BCUT2D eigenvalue weighted by Crippen LogP contribution is -2.62. The molecule has 0 saturated carbocycles. The number of benzene rings is 1. The fraction of sp³-hybridized carbons (Fsp3) is 0.562. The maximum absolute atomic E-state index is 12.6. The van der Waals surface area contributed by atoms with E-state index in [9.17, 15) is 13.2 Å². The van der Waals surface area contributed by atoms with Gasteiger partial charge in [0.05, 0.1) is 24.1 Å². The second kappa shape index (κ2) is 5.66. The molecule has 0 radical (unpaired) electrons. The first-order valence-electron chi connectivity index (χ1n) is 7.69. The summed E-state index contributed by atoms with van der Waals surface area (Å²) in [7, 11) is -3.10. The minimum absolute atomic E-state index is 0.00907. The number of rotatable bonds is 3. The molecule has 2 aliphatic heterocycles. The van der Waals surface area contributed by atoms with Gasteiger partial charge < -0.3 is 4.90 Å². The van der Waals surface area contributed by atoms with Crippen LogP contribution in [0.1, 0.15) is 13.8 Å². The normalized spacial score (nSPS) is 28.1. The van der Waals surface area contributed by atoms with Crippen molar-refractivity contribution in [3.63, 3.8) is 0 Å². The number of nitrogens with zero attached hydrogens (tertiary/aromatic N) is 2. The number of hydrogen-bond acceptors (Lipinski definition) is 4. The number of fused-ring (bicyclic) bond motifs is 1. The second-order valence-electron chi connectivity index (χ2n) is 6.63. The lowest BCUT2D eigenvalue weighted by molar-refractivity contribution is -0.123. The molecule has 0 aliphatic carbocycles. The predicted molar refractivity (Wildman–Crippen MR) is 86.6 cm³/mol. The summed E-state index contributed by atoms with van der Waals surface area (Å²) in [6.45, 7) is 5.23. The Hall–Kier alpha value is -1.40. The number of piperazine rings is 1. The predicted octanol–water partition coefficient (Wildman–Crippen LogP) is 1.16. The Morgan fingerprint density at radius 1 is 1.14 bits per heavy atom. The van der Waals surface area contributed by atoms with E-state index < -0.39 is 9.84 Å². The van der Waals surface area contributed by atoms with Crippen LogP contribution in [0.2, 0.25) is 0 Å². The van der Waals surface area contributed by atoms with Crippen molar-refractivity contribution in [3.05, 3.63) is 30.3 Å². The van der Waals surface area contributed by atoms with Crippen LogP contribution in [0.15, 0.2) is 30.3 Å². The Balaban J connectivity index is 1.96. The van der Waals surface area contributed by atoms with Gasteiger partial charge in [-0.1, -0.05) is 32.0 Å². The molecule has 2 saturated heterocycles. The van der Waals surface area contributed by atoms with Gasteiger partial charge in [0.25, 0.3) is 0 Å². The van der Waals surface area contributed by atoms with Gasteiger partial charge in [-0.2, -0.15) is 0 Å². The van der Waals surface area contributed by atoms with Crippen LogP contribution in [0.25, 0.3) is 0 Å². The SMILES string of the molecule is CC(C)CN1CC(=O)N(c2ccccc2)[C@H]2CS(=O)(=O)C[C@H]21. The van der Waals surface area contributed by atoms with Crippen LogP contribution in [-0.2, 0) is 14.6 Å². The monoisotopic (exact) mass is 322 g/mol. The van der Waals surface area contributed by atoms with E-state index in [1.807, 2.05) is 30.3 Å². The van der Waals surface area contributed by atoms with Gasteiger partial charge in [0.15, 0.2) is 9.84 Å².